The Morgan fingerprint density at radius 3 is 2.72 bits per heavy atom. The molecule has 6 nitrogen and oxygen atoms in total. The maximum atomic E-state index is 12.0. The molecule has 2 amide bonds. The smallest absolute Gasteiger partial charge is 0.264 e. The number of hydrogen-bond donors (Lipinski definition) is 2. The predicted molar refractivity (Wildman–Crippen MR) is 99.1 cm³/mol. The first kappa shape index (κ1) is 16.9. The fourth-order valence-corrected chi connectivity index (χ4v) is 3.02. The zero-order chi connectivity index (χ0) is 17.6. The Morgan fingerprint density at radius 2 is 1.92 bits per heavy atom. The molecule has 0 fully saturated rings. The highest BCUT2D eigenvalue weighted by atomic mass is 32.1. The minimum Gasteiger partial charge on any atom is -0.484 e. The molecule has 25 heavy (non-hydrogen) atoms. The first-order valence-electron chi connectivity index (χ1n) is 7.82. The number of hydrogen-bond acceptors (Lipinski definition) is 5. The van der Waals surface area contributed by atoms with Gasteiger partial charge in [0, 0.05) is 18.2 Å². The van der Waals surface area contributed by atoms with Crippen molar-refractivity contribution in [2.45, 2.75) is 13.3 Å². The van der Waals surface area contributed by atoms with E-state index in [-0.39, 0.29) is 18.4 Å². The van der Waals surface area contributed by atoms with Crippen LogP contribution in [0.3, 0.4) is 0 Å². The fourth-order valence-electron chi connectivity index (χ4n) is 2.14. The van der Waals surface area contributed by atoms with Crippen molar-refractivity contribution in [2.75, 3.05) is 17.2 Å². The SMILES string of the molecule is CCC(=O)Nc1cccc(OCC(=O)Nc2nc3ccccc3s2)c1. The first-order valence-corrected chi connectivity index (χ1v) is 8.64. The van der Waals surface area contributed by atoms with Crippen molar-refractivity contribution >= 4 is 44.2 Å². The third-order valence-corrected chi connectivity index (χ3v) is 4.30. The number of rotatable bonds is 6. The van der Waals surface area contributed by atoms with Gasteiger partial charge in [-0.1, -0.05) is 36.5 Å². The van der Waals surface area contributed by atoms with E-state index >= 15 is 0 Å². The molecule has 7 heteroatoms. The first-order chi connectivity index (χ1) is 12.1. The largest absolute Gasteiger partial charge is 0.484 e. The molecule has 0 unspecified atom stereocenters. The lowest BCUT2D eigenvalue weighted by Gasteiger charge is -2.08. The summed E-state index contributed by atoms with van der Waals surface area (Å²) in [6, 6.07) is 14.6. The van der Waals surface area contributed by atoms with Gasteiger partial charge in [0.2, 0.25) is 5.91 Å². The number of amides is 2. The van der Waals surface area contributed by atoms with Gasteiger partial charge < -0.3 is 10.1 Å². The van der Waals surface area contributed by atoms with Gasteiger partial charge >= 0.3 is 0 Å². The molecule has 0 aliphatic heterocycles. The van der Waals surface area contributed by atoms with Gasteiger partial charge in [-0.2, -0.15) is 0 Å². The Balaban J connectivity index is 1.56. The zero-order valence-electron chi connectivity index (χ0n) is 13.6. The molecule has 2 aromatic carbocycles. The number of ether oxygens (including phenoxy) is 1. The summed E-state index contributed by atoms with van der Waals surface area (Å²) in [5, 5.41) is 6.02. The second-order valence-electron chi connectivity index (χ2n) is 5.25. The van der Waals surface area contributed by atoms with Crippen LogP contribution < -0.4 is 15.4 Å². The number of carbonyl (C=O) groups is 2. The third-order valence-electron chi connectivity index (χ3n) is 3.35. The molecule has 1 aromatic heterocycles. The fraction of sp³-hybridized carbons (Fsp3) is 0.167. The van der Waals surface area contributed by atoms with E-state index in [2.05, 4.69) is 15.6 Å². The Morgan fingerprint density at radius 1 is 1.08 bits per heavy atom. The molecular formula is C18H17N3O3S. The Hall–Kier alpha value is -2.93. The van der Waals surface area contributed by atoms with Crippen molar-refractivity contribution in [1.29, 1.82) is 0 Å². The third kappa shape index (κ3) is 4.54. The normalized spacial score (nSPS) is 10.4. The molecule has 0 saturated carbocycles. The number of carbonyl (C=O) groups excluding carboxylic acids is 2. The van der Waals surface area contributed by atoms with Gasteiger partial charge in [-0.3, -0.25) is 14.9 Å². The van der Waals surface area contributed by atoms with E-state index in [0.29, 0.717) is 23.0 Å². The number of aromatic nitrogens is 1. The van der Waals surface area contributed by atoms with Crippen LogP contribution in [0.1, 0.15) is 13.3 Å². The second-order valence-corrected chi connectivity index (χ2v) is 6.28. The van der Waals surface area contributed by atoms with Crippen molar-refractivity contribution in [1.82, 2.24) is 4.98 Å². The summed E-state index contributed by atoms with van der Waals surface area (Å²) in [6.45, 7) is 1.64. The van der Waals surface area contributed by atoms with Gasteiger partial charge in [-0.25, -0.2) is 4.98 Å². The maximum Gasteiger partial charge on any atom is 0.264 e. The highest BCUT2D eigenvalue weighted by molar-refractivity contribution is 7.22. The average molecular weight is 355 g/mol. The summed E-state index contributed by atoms with van der Waals surface area (Å²) in [5.41, 5.74) is 1.49. The molecule has 2 N–H and O–H groups in total. The van der Waals surface area contributed by atoms with Gasteiger partial charge in [0.1, 0.15) is 5.75 Å². The predicted octanol–water partition coefficient (Wildman–Crippen LogP) is 3.66. The van der Waals surface area contributed by atoms with Gasteiger partial charge in [0.25, 0.3) is 5.91 Å². The van der Waals surface area contributed by atoms with E-state index < -0.39 is 0 Å². The molecule has 3 aromatic rings. The number of para-hydroxylation sites is 1. The molecule has 0 radical (unpaired) electrons. The van der Waals surface area contributed by atoms with Crippen molar-refractivity contribution < 1.29 is 14.3 Å². The van der Waals surface area contributed by atoms with E-state index in [0.717, 1.165) is 10.2 Å². The molecule has 3 rings (SSSR count). The molecule has 0 spiro atoms. The van der Waals surface area contributed by atoms with Crippen molar-refractivity contribution in [3.8, 4) is 5.75 Å². The molecule has 128 valence electrons. The summed E-state index contributed by atoms with van der Waals surface area (Å²) in [7, 11) is 0. The molecule has 1 heterocycles. The number of nitrogens with one attached hydrogen (secondary N) is 2. The monoisotopic (exact) mass is 355 g/mol. The van der Waals surface area contributed by atoms with Crippen molar-refractivity contribution in [2.24, 2.45) is 0 Å². The van der Waals surface area contributed by atoms with Crippen LogP contribution in [-0.2, 0) is 9.59 Å². The summed E-state index contributed by atoms with van der Waals surface area (Å²) in [6.07, 6.45) is 0.398. The highest BCUT2D eigenvalue weighted by Crippen LogP contribution is 2.25. The van der Waals surface area contributed by atoms with Crippen molar-refractivity contribution in [3.63, 3.8) is 0 Å². The Bertz CT molecular complexity index is 874. The highest BCUT2D eigenvalue weighted by Gasteiger charge is 2.09. The lowest BCUT2D eigenvalue weighted by Crippen LogP contribution is -2.20. The van der Waals surface area contributed by atoms with Crippen LogP contribution in [0.25, 0.3) is 10.2 Å². The quantitative estimate of drug-likeness (QED) is 0.707. The number of thiazole rings is 1. The summed E-state index contributed by atoms with van der Waals surface area (Å²) >= 11 is 1.41. The number of anilines is 2. The van der Waals surface area contributed by atoms with Crippen LogP contribution in [0, 0.1) is 0 Å². The van der Waals surface area contributed by atoms with E-state index in [9.17, 15) is 9.59 Å². The van der Waals surface area contributed by atoms with E-state index in [1.807, 2.05) is 24.3 Å². The van der Waals surface area contributed by atoms with Crippen LogP contribution in [0.4, 0.5) is 10.8 Å². The van der Waals surface area contributed by atoms with E-state index in [4.69, 9.17) is 4.74 Å². The Kier molecular flexibility index (Phi) is 5.25. The summed E-state index contributed by atoms with van der Waals surface area (Å²) in [4.78, 5) is 27.8. The van der Waals surface area contributed by atoms with E-state index in [1.54, 1.807) is 31.2 Å². The number of nitrogens with zero attached hydrogens (tertiary/aromatic N) is 1. The molecule has 0 bridgehead atoms. The average Bonchev–Trinajstić information content (AvgIpc) is 3.02. The molecular weight excluding hydrogens is 338 g/mol. The Labute approximate surface area is 148 Å². The van der Waals surface area contributed by atoms with Gasteiger partial charge in [-0.15, -0.1) is 0 Å². The maximum absolute atomic E-state index is 12.0. The second kappa shape index (κ2) is 7.76. The zero-order valence-corrected chi connectivity index (χ0v) is 14.4. The van der Waals surface area contributed by atoms with Crippen LogP contribution in [0.15, 0.2) is 48.5 Å². The van der Waals surface area contributed by atoms with Gasteiger partial charge in [-0.05, 0) is 24.3 Å². The van der Waals surface area contributed by atoms with Crippen LogP contribution in [0.2, 0.25) is 0 Å². The summed E-state index contributed by atoms with van der Waals surface area (Å²) in [5.74, 6) is 0.140. The van der Waals surface area contributed by atoms with Crippen LogP contribution >= 0.6 is 11.3 Å². The molecule has 0 aliphatic rings. The van der Waals surface area contributed by atoms with E-state index in [1.165, 1.54) is 11.3 Å². The van der Waals surface area contributed by atoms with Crippen LogP contribution in [0.5, 0.6) is 5.75 Å². The minimum atomic E-state index is -0.290. The minimum absolute atomic E-state index is 0.0780. The molecule has 0 atom stereocenters. The van der Waals surface area contributed by atoms with Gasteiger partial charge in [0.05, 0.1) is 10.2 Å². The number of benzene rings is 2. The standard InChI is InChI=1S/C18H17N3O3S/c1-2-16(22)19-12-6-5-7-13(10-12)24-11-17(23)21-18-20-14-8-3-4-9-15(14)25-18/h3-10H,2,11H2,1H3,(H,19,22)(H,20,21,23). The van der Waals surface area contributed by atoms with Crippen LogP contribution in [-0.4, -0.2) is 23.4 Å². The van der Waals surface area contributed by atoms with Gasteiger partial charge in [0.15, 0.2) is 11.7 Å². The summed E-state index contributed by atoms with van der Waals surface area (Å²) < 4.78 is 6.50. The topological polar surface area (TPSA) is 80.3 Å². The lowest BCUT2D eigenvalue weighted by atomic mass is 10.3. The molecule has 0 aliphatic carbocycles. The lowest BCUT2D eigenvalue weighted by molar-refractivity contribution is -0.118. The molecule has 0 saturated heterocycles. The van der Waals surface area contributed by atoms with Crippen molar-refractivity contribution in [3.05, 3.63) is 48.5 Å². The number of fused-ring (bicyclic) bond motifs is 1.